The van der Waals surface area contributed by atoms with Crippen LogP contribution in [0, 0.1) is 11.7 Å². The summed E-state index contributed by atoms with van der Waals surface area (Å²) in [5, 5.41) is 15.8. The van der Waals surface area contributed by atoms with Gasteiger partial charge in [-0.05, 0) is 31.0 Å². The summed E-state index contributed by atoms with van der Waals surface area (Å²) in [5.74, 6) is -0.812. The van der Waals surface area contributed by atoms with Crippen molar-refractivity contribution in [1.29, 1.82) is 0 Å². The molecule has 136 valence electrons. The maximum atomic E-state index is 13.6. The van der Waals surface area contributed by atoms with Gasteiger partial charge in [-0.1, -0.05) is 25.2 Å². The molecule has 0 aliphatic rings. The summed E-state index contributed by atoms with van der Waals surface area (Å²) >= 11 is 1.26. The SMILES string of the molecule is CCn1nc(C(=O)Nc2nnc(CC(C)C)s2)c(=O)c2cc(F)ccc21. The van der Waals surface area contributed by atoms with E-state index in [2.05, 4.69) is 34.5 Å². The fraction of sp³-hybridized carbons (Fsp3) is 0.353. The molecule has 0 saturated carbocycles. The van der Waals surface area contributed by atoms with Gasteiger partial charge < -0.3 is 0 Å². The van der Waals surface area contributed by atoms with Crippen LogP contribution in [0.3, 0.4) is 0 Å². The molecule has 2 heterocycles. The molecule has 0 aliphatic heterocycles. The maximum absolute atomic E-state index is 13.6. The second kappa shape index (κ2) is 7.28. The summed E-state index contributed by atoms with van der Waals surface area (Å²) < 4.78 is 15.0. The van der Waals surface area contributed by atoms with E-state index in [4.69, 9.17) is 0 Å². The Labute approximate surface area is 152 Å². The van der Waals surface area contributed by atoms with Gasteiger partial charge in [0.1, 0.15) is 10.8 Å². The summed E-state index contributed by atoms with van der Waals surface area (Å²) in [6.45, 7) is 6.38. The first-order valence-corrected chi connectivity index (χ1v) is 9.04. The number of aryl methyl sites for hydroxylation is 1. The Kier molecular flexibility index (Phi) is 5.08. The van der Waals surface area contributed by atoms with Crippen molar-refractivity contribution in [1.82, 2.24) is 20.0 Å². The third-order valence-corrected chi connectivity index (χ3v) is 4.56. The van der Waals surface area contributed by atoms with E-state index in [-0.39, 0.29) is 11.1 Å². The van der Waals surface area contributed by atoms with Crippen molar-refractivity contribution in [2.24, 2.45) is 5.92 Å². The molecule has 0 saturated heterocycles. The zero-order valence-electron chi connectivity index (χ0n) is 14.6. The number of carbonyl (C=O) groups is 1. The van der Waals surface area contributed by atoms with Crippen molar-refractivity contribution < 1.29 is 9.18 Å². The minimum absolute atomic E-state index is 0.116. The monoisotopic (exact) mass is 375 g/mol. The van der Waals surface area contributed by atoms with Crippen LogP contribution < -0.4 is 10.7 Å². The van der Waals surface area contributed by atoms with Crippen LogP contribution in [-0.4, -0.2) is 25.9 Å². The average molecular weight is 375 g/mol. The van der Waals surface area contributed by atoms with E-state index in [1.807, 2.05) is 6.92 Å². The molecular weight excluding hydrogens is 357 g/mol. The van der Waals surface area contributed by atoms with Crippen LogP contribution in [0.25, 0.3) is 10.9 Å². The van der Waals surface area contributed by atoms with Crippen LogP contribution in [0.2, 0.25) is 0 Å². The van der Waals surface area contributed by atoms with E-state index >= 15 is 0 Å². The van der Waals surface area contributed by atoms with Crippen LogP contribution in [0.4, 0.5) is 9.52 Å². The molecule has 0 bridgehead atoms. The zero-order chi connectivity index (χ0) is 18.8. The van der Waals surface area contributed by atoms with Crippen LogP contribution in [0.15, 0.2) is 23.0 Å². The fourth-order valence-corrected chi connectivity index (χ4v) is 3.49. The first-order valence-electron chi connectivity index (χ1n) is 8.23. The predicted molar refractivity (Wildman–Crippen MR) is 98.0 cm³/mol. The van der Waals surface area contributed by atoms with Crippen LogP contribution in [-0.2, 0) is 13.0 Å². The number of nitrogens with one attached hydrogen (secondary N) is 1. The molecule has 1 N–H and O–H groups in total. The highest BCUT2D eigenvalue weighted by molar-refractivity contribution is 7.15. The van der Waals surface area contributed by atoms with E-state index in [1.54, 1.807) is 0 Å². The summed E-state index contributed by atoms with van der Waals surface area (Å²) in [5.41, 5.74) is -0.440. The molecule has 1 aromatic carbocycles. The highest BCUT2D eigenvalue weighted by Crippen LogP contribution is 2.19. The fourth-order valence-electron chi connectivity index (χ4n) is 2.54. The lowest BCUT2D eigenvalue weighted by Crippen LogP contribution is -2.27. The maximum Gasteiger partial charge on any atom is 0.282 e. The van der Waals surface area contributed by atoms with E-state index in [0.29, 0.717) is 23.1 Å². The number of fused-ring (bicyclic) bond motifs is 1. The lowest BCUT2D eigenvalue weighted by atomic mass is 10.1. The number of hydrogen-bond acceptors (Lipinski definition) is 6. The van der Waals surface area contributed by atoms with Crippen molar-refractivity contribution in [2.75, 3.05) is 5.32 Å². The molecule has 2 aromatic heterocycles. The zero-order valence-corrected chi connectivity index (χ0v) is 15.4. The lowest BCUT2D eigenvalue weighted by Gasteiger charge is -2.09. The largest absolute Gasteiger partial charge is 0.295 e. The number of carbonyl (C=O) groups excluding carboxylic acids is 1. The Morgan fingerprint density at radius 1 is 1.35 bits per heavy atom. The van der Waals surface area contributed by atoms with Gasteiger partial charge in [0.05, 0.1) is 10.9 Å². The molecule has 0 spiro atoms. The third kappa shape index (κ3) is 3.62. The Morgan fingerprint density at radius 3 is 2.81 bits per heavy atom. The van der Waals surface area contributed by atoms with Gasteiger partial charge in [-0.15, -0.1) is 10.2 Å². The minimum atomic E-state index is -0.685. The number of amides is 1. The Hall–Kier alpha value is -2.68. The number of benzene rings is 1. The Bertz CT molecular complexity index is 1030. The van der Waals surface area contributed by atoms with Gasteiger partial charge in [0.15, 0.2) is 5.69 Å². The number of anilines is 1. The second-order valence-corrected chi connectivity index (χ2v) is 7.27. The molecular formula is C17H18FN5O2S. The standard InChI is InChI=1S/C17H18FN5O2S/c1-4-23-12-6-5-10(18)8-11(12)15(24)14(22-23)16(25)19-17-21-20-13(26-17)7-9(2)3/h5-6,8-9H,4,7H2,1-3H3,(H,19,21,25). The Balaban J connectivity index is 1.96. The van der Waals surface area contributed by atoms with Crippen LogP contribution >= 0.6 is 11.3 Å². The summed E-state index contributed by atoms with van der Waals surface area (Å²) in [7, 11) is 0. The van der Waals surface area contributed by atoms with Gasteiger partial charge in [-0.2, -0.15) is 5.10 Å². The summed E-state index contributed by atoms with van der Waals surface area (Å²) in [6.07, 6.45) is 0.754. The molecule has 0 fully saturated rings. The quantitative estimate of drug-likeness (QED) is 0.741. The smallest absolute Gasteiger partial charge is 0.282 e. The van der Waals surface area contributed by atoms with E-state index in [1.165, 1.54) is 28.2 Å². The first kappa shape index (κ1) is 18.1. The molecule has 0 atom stereocenters. The van der Waals surface area contributed by atoms with Crippen molar-refractivity contribution >= 4 is 33.3 Å². The molecule has 9 heteroatoms. The van der Waals surface area contributed by atoms with Gasteiger partial charge in [-0.25, -0.2) is 4.39 Å². The third-order valence-electron chi connectivity index (χ3n) is 3.70. The normalized spacial score (nSPS) is 11.3. The van der Waals surface area contributed by atoms with E-state index in [9.17, 15) is 14.0 Å². The van der Waals surface area contributed by atoms with Crippen LogP contribution in [0.1, 0.15) is 36.3 Å². The Morgan fingerprint density at radius 2 is 2.12 bits per heavy atom. The van der Waals surface area contributed by atoms with Crippen LogP contribution in [0.5, 0.6) is 0 Å². The number of halogens is 1. The lowest BCUT2D eigenvalue weighted by molar-refractivity contribution is 0.101. The number of rotatable bonds is 5. The number of hydrogen-bond donors (Lipinski definition) is 1. The van der Waals surface area contributed by atoms with Gasteiger partial charge in [0.2, 0.25) is 10.6 Å². The first-order chi connectivity index (χ1) is 12.4. The summed E-state index contributed by atoms with van der Waals surface area (Å²) in [6, 6.07) is 3.86. The minimum Gasteiger partial charge on any atom is -0.295 e. The van der Waals surface area contributed by atoms with Crippen molar-refractivity contribution in [2.45, 2.75) is 33.7 Å². The van der Waals surface area contributed by atoms with Crippen molar-refractivity contribution in [3.63, 3.8) is 0 Å². The topological polar surface area (TPSA) is 89.8 Å². The molecule has 0 aliphatic carbocycles. The van der Waals surface area contributed by atoms with Crippen molar-refractivity contribution in [3.8, 4) is 0 Å². The molecule has 0 radical (unpaired) electrons. The van der Waals surface area contributed by atoms with Crippen molar-refractivity contribution in [3.05, 3.63) is 44.9 Å². The second-order valence-electron chi connectivity index (χ2n) is 6.21. The molecule has 26 heavy (non-hydrogen) atoms. The molecule has 7 nitrogen and oxygen atoms in total. The number of nitrogens with zero attached hydrogens (tertiary/aromatic N) is 4. The van der Waals surface area contributed by atoms with Gasteiger partial charge >= 0.3 is 0 Å². The summed E-state index contributed by atoms with van der Waals surface area (Å²) in [4.78, 5) is 25.1. The van der Waals surface area contributed by atoms with Gasteiger partial charge in [0, 0.05) is 13.0 Å². The van der Waals surface area contributed by atoms with Gasteiger partial charge in [0.25, 0.3) is 5.91 Å². The average Bonchev–Trinajstić information content (AvgIpc) is 3.01. The van der Waals surface area contributed by atoms with E-state index < -0.39 is 17.2 Å². The van der Waals surface area contributed by atoms with Gasteiger partial charge in [-0.3, -0.25) is 19.6 Å². The van der Waals surface area contributed by atoms with E-state index in [0.717, 1.165) is 17.5 Å². The molecule has 0 unspecified atom stereocenters. The predicted octanol–water partition coefficient (Wildman–Crippen LogP) is 2.86. The highest BCUT2D eigenvalue weighted by atomic mass is 32.1. The molecule has 1 amide bonds. The molecule has 3 rings (SSSR count). The molecule has 3 aromatic rings. The number of aromatic nitrogens is 4. The highest BCUT2D eigenvalue weighted by Gasteiger charge is 2.19.